The number of ether oxygens (including phenoxy) is 1. The molecule has 0 aliphatic rings. The van der Waals surface area contributed by atoms with E-state index < -0.39 is 5.97 Å². The van der Waals surface area contributed by atoms with Crippen molar-refractivity contribution in [2.24, 2.45) is 0 Å². The van der Waals surface area contributed by atoms with Gasteiger partial charge >= 0.3 is 5.97 Å². The quantitative estimate of drug-likeness (QED) is 0.647. The maximum atomic E-state index is 11.2. The maximum absolute atomic E-state index is 11.2. The van der Waals surface area contributed by atoms with Gasteiger partial charge in [0.1, 0.15) is 0 Å². The number of hydrogen-bond acceptors (Lipinski definition) is 5. The van der Waals surface area contributed by atoms with Crippen LogP contribution in [0.4, 0.5) is 0 Å². The fourth-order valence-electron chi connectivity index (χ4n) is 0.997. The molecule has 0 aliphatic carbocycles. The predicted molar refractivity (Wildman–Crippen MR) is 47.1 cm³/mol. The van der Waals surface area contributed by atoms with E-state index in [1.165, 1.54) is 23.9 Å². The van der Waals surface area contributed by atoms with Crippen LogP contribution >= 0.6 is 11.6 Å². The lowest BCUT2D eigenvalue weighted by molar-refractivity contribution is 0.0585. The molecule has 0 N–H and O–H groups in total. The van der Waals surface area contributed by atoms with Crippen molar-refractivity contribution in [1.82, 2.24) is 19.6 Å². The molecule has 0 atom stereocenters. The normalized spacial score (nSPS) is 10.4. The zero-order valence-corrected chi connectivity index (χ0v) is 7.89. The molecule has 2 aromatic rings. The third-order valence-electron chi connectivity index (χ3n) is 1.60. The Labute approximate surface area is 83.5 Å². The molecule has 14 heavy (non-hydrogen) atoms. The third-order valence-corrected chi connectivity index (χ3v) is 1.80. The molecular formula is C7H5ClN4O2. The minimum Gasteiger partial charge on any atom is -0.463 e. The summed E-state index contributed by atoms with van der Waals surface area (Å²) in [5.41, 5.74) is 0. The zero-order valence-electron chi connectivity index (χ0n) is 7.14. The number of hydrogen-bond donors (Lipinski definition) is 0. The molecule has 0 bridgehead atoms. The van der Waals surface area contributed by atoms with Crippen LogP contribution in [0.15, 0.2) is 12.4 Å². The second-order valence-electron chi connectivity index (χ2n) is 2.46. The Morgan fingerprint density at radius 1 is 1.57 bits per heavy atom. The summed E-state index contributed by atoms with van der Waals surface area (Å²) in [6.45, 7) is 0. The van der Waals surface area contributed by atoms with Gasteiger partial charge in [0, 0.05) is 6.20 Å². The average molecular weight is 213 g/mol. The highest BCUT2D eigenvalue weighted by Gasteiger charge is 2.14. The Kier molecular flexibility index (Phi) is 2.05. The van der Waals surface area contributed by atoms with E-state index >= 15 is 0 Å². The van der Waals surface area contributed by atoms with Crippen LogP contribution in [-0.2, 0) is 4.74 Å². The Morgan fingerprint density at radius 3 is 3.07 bits per heavy atom. The van der Waals surface area contributed by atoms with Gasteiger partial charge in [0.25, 0.3) is 5.78 Å². The van der Waals surface area contributed by atoms with Crippen molar-refractivity contribution in [3.63, 3.8) is 0 Å². The smallest absolute Gasteiger partial charge is 0.376 e. The van der Waals surface area contributed by atoms with E-state index in [1.807, 2.05) is 0 Å². The molecule has 0 saturated carbocycles. The first-order valence-electron chi connectivity index (χ1n) is 3.67. The van der Waals surface area contributed by atoms with Crippen LogP contribution in [0.25, 0.3) is 5.78 Å². The number of esters is 1. The summed E-state index contributed by atoms with van der Waals surface area (Å²) < 4.78 is 5.88. The van der Waals surface area contributed by atoms with Crippen molar-refractivity contribution in [3.05, 3.63) is 23.2 Å². The summed E-state index contributed by atoms with van der Waals surface area (Å²) in [4.78, 5) is 15.1. The van der Waals surface area contributed by atoms with Gasteiger partial charge in [-0.1, -0.05) is 11.6 Å². The molecule has 2 aromatic heterocycles. The Bertz CT molecular complexity index is 495. The number of carbonyl (C=O) groups is 1. The number of nitrogens with zero attached hydrogens (tertiary/aromatic N) is 4. The first-order chi connectivity index (χ1) is 6.72. The van der Waals surface area contributed by atoms with Crippen molar-refractivity contribution in [3.8, 4) is 0 Å². The number of rotatable bonds is 1. The van der Waals surface area contributed by atoms with Crippen LogP contribution in [0.3, 0.4) is 0 Å². The van der Waals surface area contributed by atoms with Gasteiger partial charge in [0.05, 0.1) is 18.3 Å². The Morgan fingerprint density at radius 2 is 2.36 bits per heavy atom. The molecule has 0 radical (unpaired) electrons. The fourth-order valence-corrected chi connectivity index (χ4v) is 1.14. The second-order valence-corrected chi connectivity index (χ2v) is 2.89. The molecule has 2 rings (SSSR count). The molecule has 2 heterocycles. The van der Waals surface area contributed by atoms with Gasteiger partial charge in [0.2, 0.25) is 5.82 Å². The van der Waals surface area contributed by atoms with Gasteiger partial charge in [-0.2, -0.15) is 0 Å². The van der Waals surface area contributed by atoms with Gasteiger partial charge in [-0.05, 0) is 0 Å². The Balaban J connectivity index is 2.67. The fraction of sp³-hybridized carbons (Fsp3) is 0.143. The molecule has 0 spiro atoms. The highest BCUT2D eigenvalue weighted by Crippen LogP contribution is 2.08. The van der Waals surface area contributed by atoms with E-state index in [9.17, 15) is 4.79 Å². The van der Waals surface area contributed by atoms with Crippen molar-refractivity contribution in [1.29, 1.82) is 0 Å². The van der Waals surface area contributed by atoms with Crippen molar-refractivity contribution >= 4 is 23.3 Å². The largest absolute Gasteiger partial charge is 0.463 e. The van der Waals surface area contributed by atoms with Crippen molar-refractivity contribution < 1.29 is 9.53 Å². The van der Waals surface area contributed by atoms with E-state index in [4.69, 9.17) is 11.6 Å². The van der Waals surface area contributed by atoms with Gasteiger partial charge in [-0.15, -0.1) is 10.2 Å². The van der Waals surface area contributed by atoms with Crippen LogP contribution in [-0.4, -0.2) is 32.7 Å². The minimum atomic E-state index is -0.582. The van der Waals surface area contributed by atoms with E-state index in [-0.39, 0.29) is 5.82 Å². The average Bonchev–Trinajstić information content (AvgIpc) is 2.59. The Hall–Kier alpha value is -1.69. The zero-order chi connectivity index (χ0) is 10.1. The summed E-state index contributed by atoms with van der Waals surface area (Å²) in [7, 11) is 1.27. The van der Waals surface area contributed by atoms with Gasteiger partial charge in [0.15, 0.2) is 0 Å². The number of aromatic nitrogens is 4. The standard InChI is InChI=1S/C7H5ClN4O2/c1-14-6(13)5-10-11-7-9-2-4(8)3-12(5)7/h2-3H,1H3. The van der Waals surface area contributed by atoms with E-state index in [0.29, 0.717) is 10.8 Å². The molecule has 0 aliphatic heterocycles. The predicted octanol–water partition coefficient (Wildman–Crippen LogP) is 0.564. The summed E-state index contributed by atoms with van der Waals surface area (Å²) >= 11 is 5.70. The minimum absolute atomic E-state index is 0.0532. The lowest BCUT2D eigenvalue weighted by atomic mass is 10.6. The molecule has 6 nitrogen and oxygen atoms in total. The van der Waals surface area contributed by atoms with Crippen molar-refractivity contribution in [2.75, 3.05) is 7.11 Å². The van der Waals surface area contributed by atoms with Gasteiger partial charge in [-0.3, -0.25) is 4.40 Å². The van der Waals surface area contributed by atoms with E-state index in [2.05, 4.69) is 19.9 Å². The summed E-state index contributed by atoms with van der Waals surface area (Å²) in [5, 5.41) is 7.69. The SMILES string of the molecule is COC(=O)c1nnc2ncc(Cl)cn12. The molecule has 0 unspecified atom stereocenters. The number of fused-ring (bicyclic) bond motifs is 1. The van der Waals surface area contributed by atoms with Gasteiger partial charge in [-0.25, -0.2) is 9.78 Å². The van der Waals surface area contributed by atoms with Crippen LogP contribution in [0.2, 0.25) is 5.02 Å². The molecular weight excluding hydrogens is 208 g/mol. The number of halogens is 1. The summed E-state index contributed by atoms with van der Waals surface area (Å²) in [6, 6.07) is 0. The van der Waals surface area contributed by atoms with Crippen LogP contribution < -0.4 is 0 Å². The van der Waals surface area contributed by atoms with Gasteiger partial charge < -0.3 is 4.74 Å². The first-order valence-corrected chi connectivity index (χ1v) is 4.05. The summed E-state index contributed by atoms with van der Waals surface area (Å²) in [5.74, 6) is -0.228. The number of methoxy groups -OCH3 is 1. The molecule has 72 valence electrons. The maximum Gasteiger partial charge on any atom is 0.376 e. The first kappa shape index (κ1) is 8.89. The van der Waals surface area contributed by atoms with Crippen LogP contribution in [0, 0.1) is 0 Å². The molecule has 0 saturated heterocycles. The number of carbonyl (C=O) groups excluding carboxylic acids is 1. The lowest BCUT2D eigenvalue weighted by Crippen LogP contribution is -2.07. The highest BCUT2D eigenvalue weighted by atomic mass is 35.5. The summed E-state index contributed by atoms with van der Waals surface area (Å²) in [6.07, 6.45) is 2.92. The lowest BCUT2D eigenvalue weighted by Gasteiger charge is -1.96. The second kappa shape index (κ2) is 3.22. The van der Waals surface area contributed by atoms with Crippen LogP contribution in [0.5, 0.6) is 0 Å². The van der Waals surface area contributed by atoms with Crippen molar-refractivity contribution in [2.45, 2.75) is 0 Å². The third kappa shape index (κ3) is 1.29. The molecule has 0 aromatic carbocycles. The monoisotopic (exact) mass is 212 g/mol. The molecule has 0 fully saturated rings. The highest BCUT2D eigenvalue weighted by molar-refractivity contribution is 6.30. The molecule has 7 heteroatoms. The van der Waals surface area contributed by atoms with E-state index in [1.54, 1.807) is 0 Å². The van der Waals surface area contributed by atoms with E-state index in [0.717, 1.165) is 0 Å². The molecule has 0 amide bonds. The van der Waals surface area contributed by atoms with Crippen LogP contribution in [0.1, 0.15) is 10.6 Å². The topological polar surface area (TPSA) is 69.4 Å².